The lowest BCUT2D eigenvalue weighted by Crippen LogP contribution is -2.21. The van der Waals surface area contributed by atoms with E-state index in [4.69, 9.17) is 9.60 Å². The van der Waals surface area contributed by atoms with Crippen molar-refractivity contribution < 1.29 is 12.3 Å². The highest BCUT2D eigenvalue weighted by atomic mass is 14.4. The van der Waals surface area contributed by atoms with E-state index < -0.39 is 42.3 Å². The molecule has 0 bridgehead atoms. The van der Waals surface area contributed by atoms with Crippen LogP contribution in [0.4, 0.5) is 0 Å². The summed E-state index contributed by atoms with van der Waals surface area (Å²) in [6.45, 7) is 0. The Balaban J connectivity index is 1.10. The molecule has 2 unspecified atom stereocenters. The van der Waals surface area contributed by atoms with E-state index in [9.17, 15) is 2.74 Å². The summed E-state index contributed by atoms with van der Waals surface area (Å²) in [5, 5.41) is 6.70. The normalized spacial score (nSPS) is 18.9. The SMILES string of the molecule is [2H]c1c([2H])c([2H])c(-c2c([2H])c([2H])c([2H])c(-c3cc(-c4cccc(C5=C6C=Cc7cccc8c7C6C(C=C5)C=C8)c4)cc(-c4ccc5ccc6cccc7ccc4c5c67)c3)c2[2H])c([2H])c1[2H]. The van der Waals surface area contributed by atoms with Gasteiger partial charge in [0.05, 0.1) is 12.3 Å². The lowest BCUT2D eigenvalue weighted by atomic mass is 9.67. The maximum Gasteiger partial charge on any atom is 0.0636 e. The molecule has 3 aliphatic carbocycles. The van der Waals surface area contributed by atoms with Crippen LogP contribution in [0.1, 0.15) is 40.5 Å². The Hall–Kier alpha value is -7.02. The van der Waals surface area contributed by atoms with E-state index in [1.54, 1.807) is 0 Å². The Kier molecular flexibility index (Phi) is 5.18. The highest BCUT2D eigenvalue weighted by Gasteiger charge is 2.34. The van der Waals surface area contributed by atoms with Gasteiger partial charge in [0.15, 0.2) is 0 Å². The van der Waals surface area contributed by atoms with Crippen molar-refractivity contribution in [1.29, 1.82) is 0 Å². The first-order valence-electron chi connectivity index (χ1n) is 23.5. The van der Waals surface area contributed by atoms with E-state index in [2.05, 4.69) is 134 Å². The lowest BCUT2D eigenvalue weighted by molar-refractivity contribution is 0.667. The van der Waals surface area contributed by atoms with Crippen LogP contribution in [0.15, 0.2) is 200 Å². The van der Waals surface area contributed by atoms with Crippen LogP contribution in [0, 0.1) is 5.92 Å². The second-order valence-corrected chi connectivity index (χ2v) is 14.9. The molecule has 0 heteroatoms. The van der Waals surface area contributed by atoms with Crippen molar-refractivity contribution in [2.24, 2.45) is 5.92 Å². The van der Waals surface area contributed by atoms with Gasteiger partial charge in [-0.15, -0.1) is 0 Å². The summed E-state index contributed by atoms with van der Waals surface area (Å²) in [5.41, 5.74) is 10.6. The molecule has 2 atom stereocenters. The zero-order chi connectivity index (χ0) is 44.6. The molecule has 9 aromatic rings. The molecule has 0 radical (unpaired) electrons. The predicted octanol–water partition coefficient (Wildman–Crippen LogP) is 15.0. The van der Waals surface area contributed by atoms with Crippen LogP contribution in [-0.2, 0) is 0 Å². The average Bonchev–Trinajstić information content (AvgIpc) is 3.34. The molecule has 0 amide bonds. The van der Waals surface area contributed by atoms with Crippen LogP contribution in [0.5, 0.6) is 0 Å². The van der Waals surface area contributed by atoms with Crippen molar-refractivity contribution in [3.8, 4) is 44.5 Å². The molecule has 0 nitrogen and oxygen atoms in total. The fraction of sp³-hybridized carbons (Fsp3) is 0.0357. The quantitative estimate of drug-likeness (QED) is 0.156. The van der Waals surface area contributed by atoms with Gasteiger partial charge in [-0.25, -0.2) is 0 Å². The smallest absolute Gasteiger partial charge is 0.0636 e. The fourth-order valence-corrected chi connectivity index (χ4v) is 9.35. The standard InChI is InChI=1S/C56H36/c1-2-8-35(9-3-1)42-14-6-15-43(30-42)46-32-47(34-48(33-46)50-27-23-41-21-19-37-11-5-13-39-25-29-52(50)56(41)54(37)39)44-16-7-17-45(31-44)49-26-22-40-20-18-36-10-4-12-38-24-28-51(49)55(40)53(36)38/h1-34,40,55H/i1D,2D,3D,6D,8D,9D,14D,15D,30D. The Labute approximate surface area is 339 Å². The molecule has 0 N–H and O–H groups in total. The number of hydrogen-bond acceptors (Lipinski definition) is 0. The Morgan fingerprint density at radius 2 is 1.05 bits per heavy atom. The van der Waals surface area contributed by atoms with Crippen LogP contribution in [0.3, 0.4) is 0 Å². The van der Waals surface area contributed by atoms with Crippen LogP contribution in [0.2, 0.25) is 0 Å². The molecule has 0 aromatic heterocycles. The van der Waals surface area contributed by atoms with Crippen molar-refractivity contribution in [1.82, 2.24) is 0 Å². The second kappa shape index (κ2) is 12.2. The third-order valence-electron chi connectivity index (χ3n) is 11.9. The zero-order valence-corrected chi connectivity index (χ0v) is 30.1. The van der Waals surface area contributed by atoms with Gasteiger partial charge < -0.3 is 0 Å². The summed E-state index contributed by atoms with van der Waals surface area (Å²) in [4.78, 5) is 0. The molecule has 0 heterocycles. The Bertz CT molecular complexity index is 3680. The maximum absolute atomic E-state index is 9.67. The first-order chi connectivity index (χ1) is 31.5. The van der Waals surface area contributed by atoms with Gasteiger partial charge in [-0.05, 0) is 141 Å². The minimum atomic E-state index is -0.603. The van der Waals surface area contributed by atoms with Gasteiger partial charge in [0.25, 0.3) is 0 Å². The average molecular weight is 718 g/mol. The molecular weight excluding hydrogens is 673 g/mol. The molecule has 3 aliphatic rings. The van der Waals surface area contributed by atoms with Crippen molar-refractivity contribution in [2.45, 2.75) is 5.92 Å². The van der Waals surface area contributed by atoms with Gasteiger partial charge in [0.1, 0.15) is 0 Å². The van der Waals surface area contributed by atoms with Crippen LogP contribution >= 0.6 is 0 Å². The summed E-state index contributed by atoms with van der Waals surface area (Å²) in [6, 6.07) is 35.2. The predicted molar refractivity (Wildman–Crippen MR) is 239 cm³/mol. The molecule has 0 aliphatic heterocycles. The summed E-state index contributed by atoms with van der Waals surface area (Å²) in [5.74, 6) is 0.453. The van der Waals surface area contributed by atoms with Crippen molar-refractivity contribution in [2.75, 3.05) is 0 Å². The third-order valence-corrected chi connectivity index (χ3v) is 11.9. The number of hydrogen-bond donors (Lipinski definition) is 0. The molecule has 260 valence electrons. The largest absolute Gasteiger partial charge is 0.0761 e. The molecule has 0 saturated carbocycles. The monoisotopic (exact) mass is 717 g/mol. The number of allylic oxidation sites excluding steroid dienone is 6. The van der Waals surface area contributed by atoms with Gasteiger partial charge in [0.2, 0.25) is 0 Å². The number of rotatable bonds is 5. The van der Waals surface area contributed by atoms with Crippen molar-refractivity contribution in [3.05, 3.63) is 222 Å². The van der Waals surface area contributed by atoms with E-state index in [-0.39, 0.29) is 40.6 Å². The zero-order valence-electron chi connectivity index (χ0n) is 39.1. The molecule has 12 rings (SSSR count). The molecule has 0 spiro atoms. The van der Waals surface area contributed by atoms with E-state index in [1.807, 2.05) is 18.2 Å². The molecule has 0 saturated heterocycles. The van der Waals surface area contributed by atoms with Crippen LogP contribution in [-0.4, -0.2) is 0 Å². The second-order valence-electron chi connectivity index (χ2n) is 14.9. The summed E-state index contributed by atoms with van der Waals surface area (Å²) in [7, 11) is 0. The van der Waals surface area contributed by atoms with Gasteiger partial charge in [0, 0.05) is 11.8 Å². The summed E-state index contributed by atoms with van der Waals surface area (Å²) < 4.78 is 79.6. The van der Waals surface area contributed by atoms with Crippen LogP contribution < -0.4 is 0 Å². The van der Waals surface area contributed by atoms with Gasteiger partial charge >= 0.3 is 0 Å². The van der Waals surface area contributed by atoms with E-state index in [0.717, 1.165) is 60.3 Å². The molecular formula is C56H36. The van der Waals surface area contributed by atoms with Crippen molar-refractivity contribution >= 4 is 50.0 Å². The van der Waals surface area contributed by atoms with Gasteiger partial charge in [-0.3, -0.25) is 0 Å². The third kappa shape index (κ3) is 4.86. The molecule has 9 aromatic carbocycles. The van der Waals surface area contributed by atoms with E-state index >= 15 is 0 Å². The lowest BCUT2D eigenvalue weighted by Gasteiger charge is -2.36. The minimum absolute atomic E-state index is 0.0307. The minimum Gasteiger partial charge on any atom is -0.0761 e. The first-order valence-corrected chi connectivity index (χ1v) is 19.0. The van der Waals surface area contributed by atoms with Gasteiger partial charge in [-0.1, -0.05) is 176 Å². The number of benzene rings is 9. The Morgan fingerprint density at radius 3 is 1.91 bits per heavy atom. The van der Waals surface area contributed by atoms with E-state index in [1.165, 1.54) is 27.6 Å². The van der Waals surface area contributed by atoms with Gasteiger partial charge in [-0.2, -0.15) is 0 Å². The highest BCUT2D eigenvalue weighted by Crippen LogP contribution is 2.50. The van der Waals surface area contributed by atoms with Crippen LogP contribution in [0.25, 0.3) is 94.6 Å². The van der Waals surface area contributed by atoms with E-state index in [0.29, 0.717) is 5.56 Å². The summed E-state index contributed by atoms with van der Waals surface area (Å²) in [6.07, 6.45) is 13.5. The first kappa shape index (κ1) is 23.7. The summed E-state index contributed by atoms with van der Waals surface area (Å²) >= 11 is 0. The molecule has 0 fully saturated rings. The topological polar surface area (TPSA) is 0 Å². The maximum atomic E-state index is 9.67. The Morgan fingerprint density at radius 1 is 0.429 bits per heavy atom. The molecule has 56 heavy (non-hydrogen) atoms. The van der Waals surface area contributed by atoms with Crippen molar-refractivity contribution in [3.63, 3.8) is 0 Å². The fourth-order valence-electron chi connectivity index (χ4n) is 9.35. The highest BCUT2D eigenvalue weighted by molar-refractivity contribution is 6.25.